The molecule has 6 nitrogen and oxygen atoms in total. The molecule has 0 aliphatic carbocycles. The van der Waals surface area contributed by atoms with Gasteiger partial charge in [0, 0.05) is 18.2 Å². The van der Waals surface area contributed by atoms with Gasteiger partial charge in [0.15, 0.2) is 11.5 Å². The first-order chi connectivity index (χ1) is 16.5. The fourth-order valence-electron chi connectivity index (χ4n) is 4.14. The molecule has 1 atom stereocenters. The third-order valence-electron chi connectivity index (χ3n) is 5.77. The largest absolute Gasteiger partial charge is 0.493 e. The van der Waals surface area contributed by atoms with E-state index in [2.05, 4.69) is 12.2 Å². The molecule has 1 N–H and O–H groups in total. The number of nitrogens with zero attached hydrogens (tertiary/aromatic N) is 2. The molecule has 0 aliphatic rings. The van der Waals surface area contributed by atoms with Crippen molar-refractivity contribution in [2.24, 2.45) is 0 Å². The van der Waals surface area contributed by atoms with Gasteiger partial charge < -0.3 is 19.4 Å². The number of methoxy groups -OCH3 is 2. The summed E-state index contributed by atoms with van der Waals surface area (Å²) >= 11 is 0. The van der Waals surface area contributed by atoms with Gasteiger partial charge in [0.2, 0.25) is 5.91 Å². The monoisotopic (exact) mass is 461 g/mol. The number of carbonyl (C=O) groups excluding carboxylic acids is 1. The van der Waals surface area contributed by atoms with E-state index in [0.29, 0.717) is 30.0 Å². The molecule has 0 saturated carbocycles. The number of hydrogen-bond donors (Lipinski definition) is 1. The highest BCUT2D eigenvalue weighted by molar-refractivity contribution is 5.95. The summed E-state index contributed by atoms with van der Waals surface area (Å²) in [5.41, 5.74) is 3.25. The molecule has 0 radical (unpaired) electrons. The molecule has 0 spiro atoms. The number of halogens is 1. The number of ether oxygens (including phenoxy) is 2. The second-order valence-electron chi connectivity index (χ2n) is 8.05. The molecule has 1 aromatic heterocycles. The van der Waals surface area contributed by atoms with Crippen molar-refractivity contribution < 1.29 is 18.7 Å². The molecule has 7 heteroatoms. The van der Waals surface area contributed by atoms with Gasteiger partial charge in [0.25, 0.3) is 0 Å². The Hall–Kier alpha value is -3.87. The molecule has 4 rings (SSSR count). The molecule has 0 fully saturated rings. The first kappa shape index (κ1) is 23.3. The summed E-state index contributed by atoms with van der Waals surface area (Å²) in [5, 5.41) is 3.03. The van der Waals surface area contributed by atoms with Crippen LogP contribution in [0, 0.1) is 5.82 Å². The first-order valence-corrected chi connectivity index (χ1v) is 11.3. The van der Waals surface area contributed by atoms with Crippen molar-refractivity contribution in [3.05, 3.63) is 83.9 Å². The van der Waals surface area contributed by atoms with Crippen molar-refractivity contribution in [1.29, 1.82) is 0 Å². The molecule has 0 bridgehead atoms. The second kappa shape index (κ2) is 10.4. The van der Waals surface area contributed by atoms with Crippen LogP contribution in [-0.2, 0) is 11.2 Å². The van der Waals surface area contributed by atoms with E-state index in [1.165, 1.54) is 12.1 Å². The Morgan fingerprint density at radius 3 is 2.47 bits per heavy atom. The maximum absolute atomic E-state index is 13.6. The maximum atomic E-state index is 13.6. The number of anilines is 1. The highest BCUT2D eigenvalue weighted by Gasteiger charge is 2.25. The van der Waals surface area contributed by atoms with E-state index < -0.39 is 6.04 Å². The third-order valence-corrected chi connectivity index (χ3v) is 5.77. The van der Waals surface area contributed by atoms with Gasteiger partial charge in [-0.1, -0.05) is 37.6 Å². The molecule has 3 aromatic carbocycles. The zero-order valence-corrected chi connectivity index (χ0v) is 19.5. The normalized spacial score (nSPS) is 11.9. The Labute approximate surface area is 198 Å². The van der Waals surface area contributed by atoms with E-state index >= 15 is 0 Å². The fourth-order valence-corrected chi connectivity index (χ4v) is 4.14. The molecular weight excluding hydrogens is 433 g/mol. The Morgan fingerprint density at radius 2 is 1.76 bits per heavy atom. The van der Waals surface area contributed by atoms with Gasteiger partial charge in [0.05, 0.1) is 25.3 Å². The summed E-state index contributed by atoms with van der Waals surface area (Å²) in [6, 6.07) is 19.0. The summed E-state index contributed by atoms with van der Waals surface area (Å²) in [7, 11) is 3.13. The van der Waals surface area contributed by atoms with Crippen molar-refractivity contribution in [3.63, 3.8) is 0 Å². The molecule has 1 heterocycles. The smallest absolute Gasteiger partial charge is 0.247 e. The maximum Gasteiger partial charge on any atom is 0.247 e. The second-order valence-corrected chi connectivity index (χ2v) is 8.05. The lowest BCUT2D eigenvalue weighted by atomic mass is 10.1. The van der Waals surface area contributed by atoms with E-state index in [1.807, 2.05) is 28.8 Å². The Kier molecular flexibility index (Phi) is 7.11. The lowest BCUT2D eigenvalue weighted by Crippen LogP contribution is -2.27. The summed E-state index contributed by atoms with van der Waals surface area (Å²) < 4.78 is 26.1. The number of aromatic nitrogens is 2. The van der Waals surface area contributed by atoms with Crippen LogP contribution >= 0.6 is 0 Å². The molecular formula is C27H28FN3O3. The number of hydrogen-bond acceptors (Lipinski definition) is 4. The van der Waals surface area contributed by atoms with Gasteiger partial charge in [-0.2, -0.15) is 0 Å². The number of amides is 1. The predicted octanol–water partition coefficient (Wildman–Crippen LogP) is 5.76. The van der Waals surface area contributed by atoms with Crippen molar-refractivity contribution in [2.45, 2.75) is 32.2 Å². The minimum atomic E-state index is -0.471. The first-order valence-electron chi connectivity index (χ1n) is 11.3. The quantitative estimate of drug-likeness (QED) is 0.344. The van der Waals surface area contributed by atoms with Crippen LogP contribution in [0.4, 0.5) is 10.1 Å². The van der Waals surface area contributed by atoms with Gasteiger partial charge in [-0.05, 0) is 48.4 Å². The van der Waals surface area contributed by atoms with Crippen LogP contribution in [0.5, 0.6) is 11.5 Å². The van der Waals surface area contributed by atoms with Crippen LogP contribution in [-0.4, -0.2) is 29.7 Å². The molecule has 176 valence electrons. The number of rotatable bonds is 9. The van der Waals surface area contributed by atoms with Gasteiger partial charge in [-0.15, -0.1) is 0 Å². The molecule has 4 aromatic rings. The highest BCUT2D eigenvalue weighted by atomic mass is 19.1. The van der Waals surface area contributed by atoms with Gasteiger partial charge in [-0.3, -0.25) is 4.79 Å². The van der Waals surface area contributed by atoms with Crippen molar-refractivity contribution in [1.82, 2.24) is 9.55 Å². The zero-order chi connectivity index (χ0) is 24.1. The molecule has 0 aliphatic heterocycles. The minimum Gasteiger partial charge on any atom is -0.493 e. The fraction of sp³-hybridized carbons (Fsp3) is 0.259. The Balaban J connectivity index is 1.71. The van der Waals surface area contributed by atoms with Crippen LogP contribution in [0.25, 0.3) is 11.0 Å². The number of nitrogens with one attached hydrogen (secondary N) is 1. The number of carbonyl (C=O) groups is 1. The summed E-state index contributed by atoms with van der Waals surface area (Å²) in [4.78, 5) is 18.4. The van der Waals surface area contributed by atoms with Gasteiger partial charge in [-0.25, -0.2) is 9.37 Å². The number of fused-ring (bicyclic) bond motifs is 1. The van der Waals surface area contributed by atoms with E-state index in [9.17, 15) is 9.18 Å². The lowest BCUT2D eigenvalue weighted by Gasteiger charge is -2.21. The van der Waals surface area contributed by atoms with E-state index in [0.717, 1.165) is 28.8 Å². The van der Waals surface area contributed by atoms with Crippen molar-refractivity contribution in [3.8, 4) is 11.5 Å². The van der Waals surface area contributed by atoms with E-state index in [4.69, 9.17) is 14.5 Å². The van der Waals surface area contributed by atoms with E-state index in [-0.39, 0.29) is 11.7 Å². The number of benzene rings is 3. The van der Waals surface area contributed by atoms with Crippen LogP contribution in [0.2, 0.25) is 0 Å². The SMILES string of the molecule is CCC[C@H](C(=O)Nc1ccc(OC)c(OC)c1)n1c(Cc2ccc(F)cc2)nc2ccccc21. The number of para-hydroxylation sites is 2. The topological polar surface area (TPSA) is 65.4 Å². The predicted molar refractivity (Wildman–Crippen MR) is 131 cm³/mol. The van der Waals surface area contributed by atoms with Crippen LogP contribution < -0.4 is 14.8 Å². The molecule has 0 unspecified atom stereocenters. The van der Waals surface area contributed by atoms with Crippen LogP contribution in [0.15, 0.2) is 66.7 Å². The van der Waals surface area contributed by atoms with Crippen molar-refractivity contribution >= 4 is 22.6 Å². The molecule has 34 heavy (non-hydrogen) atoms. The average Bonchev–Trinajstić information content (AvgIpc) is 3.21. The Morgan fingerprint density at radius 1 is 1.03 bits per heavy atom. The van der Waals surface area contributed by atoms with E-state index in [1.54, 1.807) is 44.6 Å². The summed E-state index contributed by atoms with van der Waals surface area (Å²) in [6.07, 6.45) is 1.93. The van der Waals surface area contributed by atoms with Crippen molar-refractivity contribution in [2.75, 3.05) is 19.5 Å². The lowest BCUT2D eigenvalue weighted by molar-refractivity contribution is -0.119. The van der Waals surface area contributed by atoms with Crippen LogP contribution in [0.1, 0.15) is 37.2 Å². The molecule has 0 saturated heterocycles. The Bertz CT molecular complexity index is 1280. The standard InChI is InChI=1S/C27H28FN3O3/c1-4-7-23(27(32)29-20-14-15-24(33-2)25(17-20)34-3)31-22-9-6-5-8-21(22)30-26(31)16-18-10-12-19(28)13-11-18/h5-6,8-15,17,23H,4,7,16H2,1-3H3,(H,29,32)/t23-/m1/s1. The minimum absolute atomic E-state index is 0.141. The average molecular weight is 462 g/mol. The highest BCUT2D eigenvalue weighted by Crippen LogP contribution is 2.31. The summed E-state index contributed by atoms with van der Waals surface area (Å²) in [5.74, 6) is 1.46. The third kappa shape index (κ3) is 4.88. The summed E-state index contributed by atoms with van der Waals surface area (Å²) in [6.45, 7) is 2.05. The number of imidazole rings is 1. The van der Waals surface area contributed by atoms with Gasteiger partial charge >= 0.3 is 0 Å². The molecule has 1 amide bonds. The van der Waals surface area contributed by atoms with Crippen LogP contribution in [0.3, 0.4) is 0 Å². The zero-order valence-electron chi connectivity index (χ0n) is 19.5. The van der Waals surface area contributed by atoms with Gasteiger partial charge in [0.1, 0.15) is 17.7 Å².